The molecule has 0 heterocycles. The number of carbonyl (C=O) groups excluding carboxylic acids is 2. The van der Waals surface area contributed by atoms with Gasteiger partial charge >= 0.3 is 5.97 Å². The predicted molar refractivity (Wildman–Crippen MR) is 310 cm³/mol. The van der Waals surface area contributed by atoms with Crippen LogP contribution in [-0.4, -0.2) is 47.4 Å². The highest BCUT2D eigenvalue weighted by atomic mass is 16.5. The summed E-state index contributed by atoms with van der Waals surface area (Å²) in [5.74, 6) is -0.0500. The number of hydrogen-bond donors (Lipinski definition) is 3. The van der Waals surface area contributed by atoms with Crippen molar-refractivity contribution in [3.05, 3.63) is 24.3 Å². The van der Waals surface area contributed by atoms with Gasteiger partial charge in [0.05, 0.1) is 25.4 Å². The fourth-order valence-electron chi connectivity index (χ4n) is 10.0. The second-order valence-corrected chi connectivity index (χ2v) is 22.1. The average Bonchev–Trinajstić information content (AvgIpc) is 3.37. The molecule has 2 atom stereocenters. The van der Waals surface area contributed by atoms with Crippen LogP contribution in [0.3, 0.4) is 0 Å². The molecule has 0 saturated carbocycles. The highest BCUT2D eigenvalue weighted by Gasteiger charge is 2.18. The molecule has 1 amide bonds. The van der Waals surface area contributed by atoms with Crippen molar-refractivity contribution in [3.63, 3.8) is 0 Å². The summed E-state index contributed by atoms with van der Waals surface area (Å²) in [5.41, 5.74) is 0. The molecule has 2 unspecified atom stereocenters. The minimum atomic E-state index is -0.841. The number of nitrogens with one attached hydrogen (secondary N) is 1. The first kappa shape index (κ1) is 69.3. The number of esters is 1. The Morgan fingerprint density at radius 3 is 1.00 bits per heavy atom. The molecule has 0 spiro atoms. The molecular formula is C65H125NO5. The number of rotatable bonds is 60. The van der Waals surface area contributed by atoms with Gasteiger partial charge in [0, 0.05) is 12.8 Å². The van der Waals surface area contributed by atoms with Crippen molar-refractivity contribution < 1.29 is 24.5 Å². The van der Waals surface area contributed by atoms with Crippen molar-refractivity contribution in [3.8, 4) is 0 Å². The maximum atomic E-state index is 12.4. The smallest absolute Gasteiger partial charge is 0.305 e. The van der Waals surface area contributed by atoms with E-state index in [1.165, 1.54) is 289 Å². The molecule has 0 aliphatic rings. The zero-order chi connectivity index (χ0) is 51.4. The molecule has 0 aliphatic heterocycles. The van der Waals surface area contributed by atoms with Crippen molar-refractivity contribution in [1.82, 2.24) is 5.32 Å². The summed E-state index contributed by atoms with van der Waals surface area (Å²) in [4.78, 5) is 24.5. The monoisotopic (exact) mass is 1000 g/mol. The van der Waals surface area contributed by atoms with Crippen LogP contribution < -0.4 is 5.32 Å². The van der Waals surface area contributed by atoms with E-state index in [1.54, 1.807) is 6.08 Å². The van der Waals surface area contributed by atoms with Crippen molar-refractivity contribution in [2.24, 2.45) is 0 Å². The Morgan fingerprint density at radius 2 is 0.662 bits per heavy atom. The van der Waals surface area contributed by atoms with Gasteiger partial charge in [-0.1, -0.05) is 308 Å². The molecular weight excluding hydrogens is 875 g/mol. The van der Waals surface area contributed by atoms with Crippen LogP contribution in [-0.2, 0) is 14.3 Å². The van der Waals surface area contributed by atoms with Crippen LogP contribution in [0.4, 0.5) is 0 Å². The Hall–Kier alpha value is -1.66. The fourth-order valence-corrected chi connectivity index (χ4v) is 10.0. The van der Waals surface area contributed by atoms with Gasteiger partial charge in [-0.05, 0) is 57.8 Å². The lowest BCUT2D eigenvalue weighted by atomic mass is 10.0. The molecule has 3 N–H and O–H groups in total. The normalized spacial score (nSPS) is 12.7. The first-order chi connectivity index (χ1) is 35.0. The summed E-state index contributed by atoms with van der Waals surface area (Å²) in [5, 5.41) is 22.9. The summed E-state index contributed by atoms with van der Waals surface area (Å²) < 4.78 is 5.50. The van der Waals surface area contributed by atoms with E-state index in [4.69, 9.17) is 4.74 Å². The Bertz CT molecular complexity index is 1110. The van der Waals surface area contributed by atoms with E-state index in [2.05, 4.69) is 31.3 Å². The van der Waals surface area contributed by atoms with Gasteiger partial charge in [-0.25, -0.2) is 0 Å². The number of ether oxygens (including phenoxy) is 1. The van der Waals surface area contributed by atoms with E-state index >= 15 is 0 Å². The summed E-state index contributed by atoms with van der Waals surface area (Å²) in [6.45, 7) is 4.90. The van der Waals surface area contributed by atoms with Gasteiger partial charge in [0.1, 0.15) is 0 Å². The maximum Gasteiger partial charge on any atom is 0.305 e. The molecule has 71 heavy (non-hydrogen) atoms. The third-order valence-electron chi connectivity index (χ3n) is 15.0. The van der Waals surface area contributed by atoms with Gasteiger partial charge in [-0.2, -0.15) is 0 Å². The van der Waals surface area contributed by atoms with Gasteiger partial charge < -0.3 is 20.3 Å². The summed E-state index contributed by atoms with van der Waals surface area (Å²) in [7, 11) is 0. The zero-order valence-electron chi connectivity index (χ0n) is 48.0. The maximum absolute atomic E-state index is 12.4. The molecule has 6 nitrogen and oxygen atoms in total. The third kappa shape index (κ3) is 57.5. The number of aliphatic hydroxyl groups excluding tert-OH is 2. The number of amides is 1. The van der Waals surface area contributed by atoms with Crippen molar-refractivity contribution in [2.45, 2.75) is 366 Å². The van der Waals surface area contributed by atoms with E-state index in [-0.39, 0.29) is 18.5 Å². The second kappa shape index (κ2) is 60.9. The fraction of sp³-hybridized carbons (Fsp3) is 0.908. The molecule has 0 rings (SSSR count). The van der Waals surface area contributed by atoms with Gasteiger partial charge in [0.15, 0.2) is 0 Å². The third-order valence-corrected chi connectivity index (χ3v) is 15.0. The van der Waals surface area contributed by atoms with Crippen molar-refractivity contribution >= 4 is 11.9 Å². The lowest BCUT2D eigenvalue weighted by Crippen LogP contribution is -2.45. The van der Waals surface area contributed by atoms with Crippen LogP contribution in [0.15, 0.2) is 24.3 Å². The summed E-state index contributed by atoms with van der Waals surface area (Å²) >= 11 is 0. The number of aliphatic hydroxyl groups is 2. The second-order valence-electron chi connectivity index (χ2n) is 22.1. The molecule has 0 saturated heterocycles. The molecule has 6 heteroatoms. The minimum Gasteiger partial charge on any atom is -0.466 e. The summed E-state index contributed by atoms with van der Waals surface area (Å²) in [6.07, 6.45) is 75.3. The molecule has 0 bridgehead atoms. The van der Waals surface area contributed by atoms with Crippen molar-refractivity contribution in [1.29, 1.82) is 0 Å². The number of allylic oxidation sites excluding steroid dienone is 3. The molecule has 0 aromatic heterocycles. The molecule has 0 aromatic rings. The van der Waals surface area contributed by atoms with Crippen LogP contribution in [0.1, 0.15) is 354 Å². The lowest BCUT2D eigenvalue weighted by molar-refractivity contribution is -0.143. The van der Waals surface area contributed by atoms with E-state index < -0.39 is 12.1 Å². The van der Waals surface area contributed by atoms with Crippen molar-refractivity contribution in [2.75, 3.05) is 13.2 Å². The topological polar surface area (TPSA) is 95.9 Å². The quantitative estimate of drug-likeness (QED) is 0.0320. The molecule has 0 aliphatic carbocycles. The van der Waals surface area contributed by atoms with Gasteiger partial charge in [-0.3, -0.25) is 9.59 Å². The van der Waals surface area contributed by atoms with Gasteiger partial charge in [0.2, 0.25) is 5.91 Å². The molecule has 420 valence electrons. The Kier molecular flexibility index (Phi) is 59.5. The van der Waals surface area contributed by atoms with Crippen LogP contribution >= 0.6 is 0 Å². The van der Waals surface area contributed by atoms with E-state index in [1.807, 2.05) is 6.08 Å². The number of hydrogen-bond acceptors (Lipinski definition) is 5. The number of unbranched alkanes of at least 4 members (excludes halogenated alkanes) is 47. The average molecular weight is 1000 g/mol. The largest absolute Gasteiger partial charge is 0.466 e. The molecule has 0 fully saturated rings. The van der Waals surface area contributed by atoms with Crippen LogP contribution in [0.5, 0.6) is 0 Å². The standard InChI is InChI=1S/C65H125NO5/c1-3-5-7-9-11-13-14-15-16-29-33-36-39-43-47-51-55-59-65(70)71-60-56-52-48-44-40-37-34-31-28-26-24-22-20-18-17-19-21-23-25-27-30-32-35-38-42-46-50-54-58-64(69)66-62(61-67)63(68)57-53-49-45-41-12-10-8-6-4-2/h17-18,53,57,62-63,67-68H,3-16,19-52,54-56,58-61H2,1-2H3,(H,66,69)/b18-17-,57-53+. The molecule has 0 radical (unpaired) electrons. The Morgan fingerprint density at radius 1 is 0.380 bits per heavy atom. The van der Waals surface area contributed by atoms with Gasteiger partial charge in [0.25, 0.3) is 0 Å². The van der Waals surface area contributed by atoms with E-state index in [0.717, 1.165) is 38.5 Å². The van der Waals surface area contributed by atoms with Crippen LogP contribution in [0.25, 0.3) is 0 Å². The summed E-state index contributed by atoms with van der Waals surface area (Å²) in [6, 6.07) is -0.625. The first-order valence-corrected chi connectivity index (χ1v) is 32.1. The number of carbonyl (C=O) groups is 2. The first-order valence-electron chi connectivity index (χ1n) is 32.1. The Balaban J connectivity index is 3.34. The highest BCUT2D eigenvalue weighted by Crippen LogP contribution is 2.18. The Labute approximate surface area is 443 Å². The SMILES string of the molecule is CCCCCCCCC/C=C/C(O)C(CO)NC(=O)CCCCCCCCCCCCCC/C=C\CCCCCCCCCCCCCCOC(=O)CCCCCCCCCCCCCCCCCCC. The van der Waals surface area contributed by atoms with E-state index in [9.17, 15) is 19.8 Å². The van der Waals surface area contributed by atoms with Gasteiger partial charge in [-0.15, -0.1) is 0 Å². The van der Waals surface area contributed by atoms with E-state index in [0.29, 0.717) is 19.4 Å². The predicted octanol–water partition coefficient (Wildman–Crippen LogP) is 20.2. The molecule has 0 aromatic carbocycles. The minimum absolute atomic E-state index is 0.0196. The lowest BCUT2D eigenvalue weighted by Gasteiger charge is -2.20. The highest BCUT2D eigenvalue weighted by molar-refractivity contribution is 5.76. The van der Waals surface area contributed by atoms with Crippen LogP contribution in [0, 0.1) is 0 Å². The van der Waals surface area contributed by atoms with Crippen LogP contribution in [0.2, 0.25) is 0 Å². The zero-order valence-corrected chi connectivity index (χ0v) is 48.0.